The average molecular weight is 355 g/mol. The van der Waals surface area contributed by atoms with Crippen LogP contribution in [-0.2, 0) is 14.4 Å². The largest absolute Gasteiger partial charge is 0.357 e. The first-order chi connectivity index (χ1) is 11.8. The fourth-order valence-electron chi connectivity index (χ4n) is 3.61. The average Bonchev–Trinajstić information content (AvgIpc) is 2.62. The topological polar surface area (TPSA) is 108 Å². The van der Waals surface area contributed by atoms with Crippen LogP contribution in [0.5, 0.6) is 0 Å². The summed E-state index contributed by atoms with van der Waals surface area (Å²) in [6, 6.07) is -0.572. The molecule has 0 spiro atoms. The zero-order chi connectivity index (χ0) is 19.0. The van der Waals surface area contributed by atoms with Gasteiger partial charge in [-0.05, 0) is 31.1 Å². The van der Waals surface area contributed by atoms with E-state index in [-0.39, 0.29) is 23.7 Å². The van der Waals surface area contributed by atoms with Crippen molar-refractivity contribution in [3.63, 3.8) is 0 Å². The number of nitrogens with one attached hydrogen (secondary N) is 3. The Morgan fingerprint density at radius 3 is 2.08 bits per heavy atom. The zero-order valence-electron chi connectivity index (χ0n) is 15.8. The SMILES string of the molecule is CNC(=O)[C@@H](NC(=O)[C@H](CC(C)C)[C@H](C)C(=O)NO)C1CCCCC1. The Balaban J connectivity index is 2.91. The van der Waals surface area contributed by atoms with Crippen molar-refractivity contribution < 1.29 is 19.6 Å². The molecule has 7 nitrogen and oxygen atoms in total. The molecular weight excluding hydrogens is 322 g/mol. The molecule has 0 aliphatic heterocycles. The Labute approximate surface area is 150 Å². The van der Waals surface area contributed by atoms with Gasteiger partial charge in [0, 0.05) is 18.9 Å². The van der Waals surface area contributed by atoms with Crippen molar-refractivity contribution >= 4 is 17.7 Å². The molecule has 0 heterocycles. The summed E-state index contributed by atoms with van der Waals surface area (Å²) in [6.07, 6.45) is 5.62. The van der Waals surface area contributed by atoms with Crippen LogP contribution < -0.4 is 16.1 Å². The van der Waals surface area contributed by atoms with Gasteiger partial charge in [-0.1, -0.05) is 40.0 Å². The van der Waals surface area contributed by atoms with Crippen LogP contribution in [0.3, 0.4) is 0 Å². The standard InChI is InChI=1S/C18H33N3O4/c1-11(2)10-14(12(3)16(22)21-25)17(23)20-15(18(24)19-4)13-8-6-5-7-9-13/h11-15,25H,5-10H2,1-4H3,(H,19,24)(H,20,23)(H,21,22)/t12-,14+,15-/m0/s1. The van der Waals surface area contributed by atoms with Crippen molar-refractivity contribution in [1.82, 2.24) is 16.1 Å². The van der Waals surface area contributed by atoms with Gasteiger partial charge < -0.3 is 10.6 Å². The molecule has 1 aliphatic rings. The normalized spacial score (nSPS) is 19.0. The van der Waals surface area contributed by atoms with Gasteiger partial charge in [0.1, 0.15) is 6.04 Å². The summed E-state index contributed by atoms with van der Waals surface area (Å²) in [5.41, 5.74) is 1.63. The van der Waals surface area contributed by atoms with Gasteiger partial charge in [-0.15, -0.1) is 0 Å². The number of hydrogen-bond donors (Lipinski definition) is 4. The lowest BCUT2D eigenvalue weighted by molar-refractivity contribution is -0.141. The predicted octanol–water partition coefficient (Wildman–Crippen LogP) is 1.60. The van der Waals surface area contributed by atoms with Crippen molar-refractivity contribution in [3.8, 4) is 0 Å². The summed E-state index contributed by atoms with van der Waals surface area (Å²) in [4.78, 5) is 37.0. The molecule has 0 unspecified atom stereocenters. The van der Waals surface area contributed by atoms with E-state index in [4.69, 9.17) is 5.21 Å². The Bertz CT molecular complexity index is 461. The first-order valence-electron chi connectivity index (χ1n) is 9.27. The fraction of sp³-hybridized carbons (Fsp3) is 0.833. The third kappa shape index (κ3) is 6.30. The Morgan fingerprint density at radius 2 is 1.60 bits per heavy atom. The first kappa shape index (κ1) is 21.4. The molecule has 0 aromatic rings. The van der Waals surface area contributed by atoms with Crippen LogP contribution in [0.1, 0.15) is 59.3 Å². The van der Waals surface area contributed by atoms with E-state index >= 15 is 0 Å². The second kappa shape index (κ2) is 10.4. The molecule has 1 aliphatic carbocycles. The third-order valence-electron chi connectivity index (χ3n) is 5.14. The van der Waals surface area contributed by atoms with Crippen molar-refractivity contribution in [2.24, 2.45) is 23.7 Å². The summed E-state index contributed by atoms with van der Waals surface area (Å²) >= 11 is 0. The minimum absolute atomic E-state index is 0.124. The summed E-state index contributed by atoms with van der Waals surface area (Å²) in [6.45, 7) is 5.57. The monoisotopic (exact) mass is 355 g/mol. The van der Waals surface area contributed by atoms with Crippen LogP contribution in [0.2, 0.25) is 0 Å². The quantitative estimate of drug-likeness (QED) is 0.392. The van der Waals surface area contributed by atoms with E-state index in [2.05, 4.69) is 10.6 Å². The highest BCUT2D eigenvalue weighted by atomic mass is 16.5. The minimum Gasteiger partial charge on any atom is -0.357 e. The highest BCUT2D eigenvalue weighted by molar-refractivity contribution is 5.91. The van der Waals surface area contributed by atoms with E-state index in [1.165, 1.54) is 0 Å². The minimum atomic E-state index is -0.677. The molecule has 0 radical (unpaired) electrons. The van der Waals surface area contributed by atoms with Gasteiger partial charge >= 0.3 is 0 Å². The fourth-order valence-corrected chi connectivity index (χ4v) is 3.61. The van der Waals surface area contributed by atoms with E-state index in [9.17, 15) is 14.4 Å². The zero-order valence-corrected chi connectivity index (χ0v) is 15.8. The summed E-state index contributed by atoms with van der Waals surface area (Å²) < 4.78 is 0. The van der Waals surface area contributed by atoms with Crippen molar-refractivity contribution in [3.05, 3.63) is 0 Å². The van der Waals surface area contributed by atoms with Crippen molar-refractivity contribution in [2.45, 2.75) is 65.3 Å². The molecule has 0 aromatic carbocycles. The maximum absolute atomic E-state index is 12.9. The second-order valence-corrected chi connectivity index (χ2v) is 7.50. The smallest absolute Gasteiger partial charge is 0.246 e. The van der Waals surface area contributed by atoms with Crippen LogP contribution in [0, 0.1) is 23.7 Å². The third-order valence-corrected chi connectivity index (χ3v) is 5.14. The van der Waals surface area contributed by atoms with E-state index in [1.807, 2.05) is 13.8 Å². The molecular formula is C18H33N3O4. The van der Waals surface area contributed by atoms with Gasteiger partial charge in [0.05, 0.1) is 0 Å². The first-order valence-corrected chi connectivity index (χ1v) is 9.27. The van der Waals surface area contributed by atoms with Crippen LogP contribution in [0.25, 0.3) is 0 Å². The van der Waals surface area contributed by atoms with Gasteiger partial charge in [0.2, 0.25) is 17.7 Å². The van der Waals surface area contributed by atoms with E-state index in [0.717, 1.165) is 32.1 Å². The number of hydrogen-bond acceptors (Lipinski definition) is 4. The number of likely N-dealkylation sites (N-methyl/N-ethyl adjacent to an activating group) is 1. The molecule has 0 saturated heterocycles. The highest BCUT2D eigenvalue weighted by Gasteiger charge is 2.35. The lowest BCUT2D eigenvalue weighted by atomic mass is 9.81. The van der Waals surface area contributed by atoms with Crippen molar-refractivity contribution in [1.29, 1.82) is 0 Å². The van der Waals surface area contributed by atoms with E-state index < -0.39 is 23.8 Å². The lowest BCUT2D eigenvalue weighted by Gasteiger charge is -2.32. The molecule has 3 atom stereocenters. The Hall–Kier alpha value is -1.63. The predicted molar refractivity (Wildman–Crippen MR) is 94.6 cm³/mol. The molecule has 1 saturated carbocycles. The molecule has 0 bridgehead atoms. The lowest BCUT2D eigenvalue weighted by Crippen LogP contribution is -2.53. The van der Waals surface area contributed by atoms with Crippen LogP contribution in [0.15, 0.2) is 0 Å². The highest BCUT2D eigenvalue weighted by Crippen LogP contribution is 2.28. The summed E-state index contributed by atoms with van der Waals surface area (Å²) in [5.74, 6) is -2.02. The second-order valence-electron chi connectivity index (χ2n) is 7.50. The van der Waals surface area contributed by atoms with Gasteiger partial charge in [0.15, 0.2) is 0 Å². The van der Waals surface area contributed by atoms with E-state index in [1.54, 1.807) is 19.5 Å². The van der Waals surface area contributed by atoms with Crippen LogP contribution in [0.4, 0.5) is 0 Å². The maximum atomic E-state index is 12.9. The number of carbonyl (C=O) groups excluding carboxylic acids is 3. The van der Waals surface area contributed by atoms with Gasteiger partial charge in [0.25, 0.3) is 0 Å². The summed E-state index contributed by atoms with van der Waals surface area (Å²) in [7, 11) is 1.57. The molecule has 1 fully saturated rings. The number of amides is 3. The van der Waals surface area contributed by atoms with Crippen LogP contribution >= 0.6 is 0 Å². The Morgan fingerprint density at radius 1 is 1.00 bits per heavy atom. The van der Waals surface area contributed by atoms with Gasteiger partial charge in [-0.3, -0.25) is 19.6 Å². The van der Waals surface area contributed by atoms with Crippen molar-refractivity contribution in [2.75, 3.05) is 7.05 Å². The molecule has 1 rings (SSSR count). The summed E-state index contributed by atoms with van der Waals surface area (Å²) in [5, 5.41) is 14.4. The maximum Gasteiger partial charge on any atom is 0.246 e. The Kier molecular flexibility index (Phi) is 8.89. The van der Waals surface area contributed by atoms with Gasteiger partial charge in [-0.25, -0.2) is 5.48 Å². The van der Waals surface area contributed by atoms with Gasteiger partial charge in [-0.2, -0.15) is 0 Å². The molecule has 3 amide bonds. The van der Waals surface area contributed by atoms with E-state index in [0.29, 0.717) is 6.42 Å². The molecule has 7 heteroatoms. The molecule has 0 aromatic heterocycles. The number of rotatable bonds is 8. The van der Waals surface area contributed by atoms with Crippen LogP contribution in [-0.4, -0.2) is 36.0 Å². The number of carbonyl (C=O) groups is 3. The molecule has 144 valence electrons. The molecule has 25 heavy (non-hydrogen) atoms. The number of hydroxylamine groups is 1. The molecule has 4 N–H and O–H groups in total.